The topological polar surface area (TPSA) is 54.0 Å². The molecule has 2 heterocycles. The van der Waals surface area contributed by atoms with Crippen LogP contribution in [0, 0.1) is 22.7 Å². The van der Waals surface area contributed by atoms with E-state index in [1.165, 1.54) is 5.57 Å². The molecule has 0 bridgehead atoms. The fraction of sp³-hybridized carbons (Fsp3) is 0.828. The minimum atomic E-state index is -2.12. The molecule has 0 aromatic carbocycles. The highest BCUT2D eigenvalue weighted by Gasteiger charge is 2.61. The lowest BCUT2D eigenvalue weighted by molar-refractivity contribution is -0.344. The van der Waals surface area contributed by atoms with Crippen molar-refractivity contribution in [3.05, 3.63) is 23.8 Å². The second kappa shape index (κ2) is 8.82. The number of esters is 1. The van der Waals surface area contributed by atoms with Gasteiger partial charge in [0.25, 0.3) is 0 Å². The first kappa shape index (κ1) is 27.1. The lowest BCUT2D eigenvalue weighted by atomic mass is 9.45. The van der Waals surface area contributed by atoms with E-state index >= 15 is 0 Å². The molecule has 0 amide bonds. The van der Waals surface area contributed by atoms with Crippen molar-refractivity contribution in [1.29, 1.82) is 0 Å². The average Bonchev–Trinajstić information content (AvgIpc) is 3.15. The standard InChI is InChI=1S/C29H48O5Si/c1-19-11-12-23-28(7,15-13-24-29(23,8)18-32-27(5,6)33-24)21(19)17-22(20-14-16-31-25(20)30)34-35(9,10)26(2,3)4/h14,21-24H,1,11-13,15-18H2,2-10H3/t21-,22+,23+,24-,28+,29+/m1/s1. The van der Waals surface area contributed by atoms with Crippen molar-refractivity contribution in [2.75, 3.05) is 13.2 Å². The number of hydrogen-bond donors (Lipinski definition) is 0. The van der Waals surface area contributed by atoms with Crippen molar-refractivity contribution in [2.24, 2.45) is 22.7 Å². The molecule has 5 nitrogen and oxygen atoms in total. The predicted molar refractivity (Wildman–Crippen MR) is 141 cm³/mol. The third-order valence-electron chi connectivity index (χ3n) is 10.3. The van der Waals surface area contributed by atoms with Gasteiger partial charge in [0.1, 0.15) is 6.61 Å². The van der Waals surface area contributed by atoms with Crippen LogP contribution in [-0.4, -0.2) is 45.5 Å². The summed E-state index contributed by atoms with van der Waals surface area (Å²) in [6.07, 6.45) is 6.92. The zero-order chi connectivity index (χ0) is 26.0. The molecule has 2 aliphatic heterocycles. The molecule has 6 heteroatoms. The zero-order valence-corrected chi connectivity index (χ0v) is 24.6. The summed E-state index contributed by atoms with van der Waals surface area (Å²) in [6, 6.07) is 0. The number of allylic oxidation sites excluding steroid dienone is 1. The van der Waals surface area contributed by atoms with Crippen LogP contribution in [0.2, 0.25) is 18.1 Å². The second-order valence-electron chi connectivity index (χ2n) is 14.0. The number of carbonyl (C=O) groups excluding carboxylic acids is 1. The summed E-state index contributed by atoms with van der Waals surface area (Å²) in [6.45, 7) is 25.8. The lowest BCUT2D eigenvalue weighted by Crippen LogP contribution is -2.63. The van der Waals surface area contributed by atoms with Gasteiger partial charge in [-0.25, -0.2) is 4.79 Å². The van der Waals surface area contributed by atoms with Crippen molar-refractivity contribution >= 4 is 14.3 Å². The molecule has 0 radical (unpaired) electrons. The molecule has 2 aliphatic carbocycles. The Bertz CT molecular complexity index is 899. The summed E-state index contributed by atoms with van der Waals surface area (Å²) >= 11 is 0. The molecule has 0 spiro atoms. The third-order valence-corrected chi connectivity index (χ3v) is 14.8. The van der Waals surface area contributed by atoms with Gasteiger partial charge in [-0.2, -0.15) is 0 Å². The third kappa shape index (κ3) is 4.73. The lowest BCUT2D eigenvalue weighted by Gasteiger charge is -2.63. The molecule has 35 heavy (non-hydrogen) atoms. The van der Waals surface area contributed by atoms with Crippen LogP contribution in [0.15, 0.2) is 23.8 Å². The largest absolute Gasteiger partial charge is 0.458 e. The van der Waals surface area contributed by atoms with Gasteiger partial charge < -0.3 is 18.6 Å². The fourth-order valence-corrected chi connectivity index (χ4v) is 8.41. The zero-order valence-electron chi connectivity index (χ0n) is 23.6. The van der Waals surface area contributed by atoms with Crippen LogP contribution in [0.25, 0.3) is 0 Å². The van der Waals surface area contributed by atoms with E-state index in [1.54, 1.807) is 0 Å². The highest BCUT2D eigenvalue weighted by Crippen LogP contribution is 2.64. The smallest absolute Gasteiger partial charge is 0.336 e. The first-order valence-corrected chi connectivity index (χ1v) is 16.5. The average molecular weight is 505 g/mol. The summed E-state index contributed by atoms with van der Waals surface area (Å²) in [5.41, 5.74) is 2.05. The number of cyclic esters (lactones) is 1. The number of rotatable bonds is 5. The Morgan fingerprint density at radius 2 is 1.86 bits per heavy atom. The highest BCUT2D eigenvalue weighted by molar-refractivity contribution is 6.74. The van der Waals surface area contributed by atoms with Gasteiger partial charge in [-0.05, 0) is 87.4 Å². The van der Waals surface area contributed by atoms with Crippen LogP contribution >= 0.6 is 0 Å². The van der Waals surface area contributed by atoms with Gasteiger partial charge in [-0.1, -0.05) is 46.8 Å². The molecule has 4 aliphatic rings. The van der Waals surface area contributed by atoms with E-state index in [2.05, 4.69) is 54.3 Å². The molecule has 0 aromatic heterocycles. The monoisotopic (exact) mass is 504 g/mol. The van der Waals surface area contributed by atoms with E-state index in [0.717, 1.165) is 38.7 Å². The molecule has 0 unspecified atom stereocenters. The van der Waals surface area contributed by atoms with E-state index in [-0.39, 0.29) is 40.0 Å². The van der Waals surface area contributed by atoms with Crippen LogP contribution in [0.3, 0.4) is 0 Å². The molecule has 6 atom stereocenters. The summed E-state index contributed by atoms with van der Waals surface area (Å²) in [5.74, 6) is 0.00715. The first-order chi connectivity index (χ1) is 16.0. The normalized spacial score (nSPS) is 38.3. The van der Waals surface area contributed by atoms with Gasteiger partial charge in [-0.15, -0.1) is 0 Å². The first-order valence-electron chi connectivity index (χ1n) is 13.5. The van der Waals surface area contributed by atoms with Gasteiger partial charge in [0.2, 0.25) is 0 Å². The van der Waals surface area contributed by atoms with E-state index in [9.17, 15) is 4.79 Å². The summed E-state index contributed by atoms with van der Waals surface area (Å²) in [7, 11) is -2.12. The number of fused-ring (bicyclic) bond motifs is 3. The Hall–Kier alpha value is -0.953. The van der Waals surface area contributed by atoms with Crippen LogP contribution in [0.4, 0.5) is 0 Å². The van der Waals surface area contributed by atoms with Crippen LogP contribution in [0.5, 0.6) is 0 Å². The van der Waals surface area contributed by atoms with Crippen molar-refractivity contribution in [1.82, 2.24) is 0 Å². The maximum Gasteiger partial charge on any atom is 0.336 e. The molecular formula is C29H48O5Si. The van der Waals surface area contributed by atoms with Crippen LogP contribution in [0.1, 0.15) is 80.6 Å². The maximum atomic E-state index is 12.7. The van der Waals surface area contributed by atoms with Crippen molar-refractivity contribution in [3.8, 4) is 0 Å². The number of ether oxygens (including phenoxy) is 3. The number of carbonyl (C=O) groups is 1. The molecule has 0 aromatic rings. The molecular weight excluding hydrogens is 456 g/mol. The minimum Gasteiger partial charge on any atom is -0.458 e. The number of hydrogen-bond acceptors (Lipinski definition) is 5. The fourth-order valence-electron chi connectivity index (χ4n) is 7.12. The maximum absolute atomic E-state index is 12.7. The van der Waals surface area contributed by atoms with Gasteiger partial charge in [0.05, 0.1) is 24.4 Å². The van der Waals surface area contributed by atoms with Gasteiger partial charge in [0.15, 0.2) is 14.1 Å². The van der Waals surface area contributed by atoms with E-state index < -0.39 is 14.1 Å². The van der Waals surface area contributed by atoms with E-state index in [4.69, 9.17) is 18.6 Å². The SMILES string of the molecule is C=C1CC[C@@H]2[C@]3(C)COC(C)(C)O[C@@H]3CC[C@@]2(C)[C@@H]1C[C@H](O[Si](C)(C)C(C)(C)C)C1=CCOC1=O. The Morgan fingerprint density at radius 3 is 2.46 bits per heavy atom. The van der Waals surface area contributed by atoms with Crippen LogP contribution in [-0.2, 0) is 23.4 Å². The van der Waals surface area contributed by atoms with Gasteiger partial charge >= 0.3 is 5.97 Å². The summed E-state index contributed by atoms with van der Waals surface area (Å²) in [4.78, 5) is 12.7. The Kier molecular flexibility index (Phi) is 6.82. The molecule has 2 saturated carbocycles. The Morgan fingerprint density at radius 1 is 1.17 bits per heavy atom. The molecule has 0 N–H and O–H groups in total. The molecule has 4 rings (SSSR count). The molecule has 198 valence electrons. The quantitative estimate of drug-likeness (QED) is 0.234. The second-order valence-corrected chi connectivity index (χ2v) is 18.8. The van der Waals surface area contributed by atoms with E-state index in [0.29, 0.717) is 18.1 Å². The Balaban J connectivity index is 1.65. The Labute approximate surface area is 214 Å². The van der Waals surface area contributed by atoms with Gasteiger partial charge in [-0.3, -0.25) is 0 Å². The van der Waals surface area contributed by atoms with Crippen molar-refractivity contribution < 1.29 is 23.4 Å². The van der Waals surface area contributed by atoms with Crippen molar-refractivity contribution in [2.45, 2.75) is 117 Å². The molecule has 1 saturated heterocycles. The predicted octanol–water partition coefficient (Wildman–Crippen LogP) is 6.79. The highest BCUT2D eigenvalue weighted by atomic mass is 28.4. The minimum absolute atomic E-state index is 0.0250. The van der Waals surface area contributed by atoms with Crippen molar-refractivity contribution in [3.63, 3.8) is 0 Å². The van der Waals surface area contributed by atoms with E-state index in [1.807, 2.05) is 19.9 Å². The van der Waals surface area contributed by atoms with Gasteiger partial charge in [0, 0.05) is 5.41 Å². The molecule has 3 fully saturated rings. The summed E-state index contributed by atoms with van der Waals surface area (Å²) < 4.78 is 25.0. The van der Waals surface area contributed by atoms with Crippen LogP contribution < -0.4 is 0 Å². The summed E-state index contributed by atoms with van der Waals surface area (Å²) in [5, 5.41) is 0.0550.